The number of aromatic nitrogens is 3. The average molecular weight is 343 g/mol. The molecule has 2 heterocycles. The minimum absolute atomic E-state index is 0.431. The van der Waals surface area contributed by atoms with Crippen LogP contribution < -0.4 is 5.73 Å². The molecule has 0 saturated heterocycles. The van der Waals surface area contributed by atoms with Crippen molar-refractivity contribution in [3.63, 3.8) is 0 Å². The Morgan fingerprint density at radius 1 is 1.25 bits per heavy atom. The van der Waals surface area contributed by atoms with Crippen LogP contribution in [0.25, 0.3) is 10.6 Å². The van der Waals surface area contributed by atoms with E-state index in [1.54, 1.807) is 30.4 Å². The smallest absolute Gasteiger partial charge is 0.248 e. The van der Waals surface area contributed by atoms with Crippen LogP contribution in [0.5, 0.6) is 0 Å². The standard InChI is InChI=1S/C16H17N5O2S/c1-10-18-14(20-23-10)8-21(2)7-13-9-24-16(19-13)12-5-3-11(4-6-12)15(17)22/h3-6,9H,7-8H2,1-2H3,(H2,17,22). The summed E-state index contributed by atoms with van der Waals surface area (Å²) in [5.74, 6) is 0.793. The summed E-state index contributed by atoms with van der Waals surface area (Å²) >= 11 is 1.57. The fourth-order valence-electron chi connectivity index (χ4n) is 2.27. The monoisotopic (exact) mass is 343 g/mol. The Kier molecular flexibility index (Phi) is 4.68. The highest BCUT2D eigenvalue weighted by molar-refractivity contribution is 7.13. The van der Waals surface area contributed by atoms with Crippen LogP contribution in [0.4, 0.5) is 0 Å². The molecule has 0 saturated carbocycles. The highest BCUT2D eigenvalue weighted by atomic mass is 32.1. The summed E-state index contributed by atoms with van der Waals surface area (Å²) in [6.45, 7) is 3.05. The molecule has 3 rings (SSSR count). The highest BCUT2D eigenvalue weighted by Crippen LogP contribution is 2.24. The molecule has 0 bridgehead atoms. The van der Waals surface area contributed by atoms with Crippen LogP contribution in [-0.4, -0.2) is 33.0 Å². The van der Waals surface area contributed by atoms with Gasteiger partial charge in [0.05, 0.1) is 12.2 Å². The Morgan fingerprint density at radius 2 is 2.00 bits per heavy atom. The Hall–Kier alpha value is -2.58. The molecule has 0 aliphatic heterocycles. The number of nitrogens with zero attached hydrogens (tertiary/aromatic N) is 4. The van der Waals surface area contributed by atoms with E-state index < -0.39 is 5.91 Å². The minimum Gasteiger partial charge on any atom is -0.366 e. The van der Waals surface area contributed by atoms with E-state index in [0.29, 0.717) is 30.4 Å². The minimum atomic E-state index is -0.431. The normalized spacial score (nSPS) is 11.1. The first-order valence-electron chi connectivity index (χ1n) is 7.33. The van der Waals surface area contributed by atoms with Crippen molar-refractivity contribution in [1.82, 2.24) is 20.0 Å². The van der Waals surface area contributed by atoms with Gasteiger partial charge in [0.2, 0.25) is 11.8 Å². The Labute approximate surface area is 143 Å². The number of rotatable bonds is 6. The maximum atomic E-state index is 11.1. The van der Waals surface area contributed by atoms with E-state index in [-0.39, 0.29) is 0 Å². The lowest BCUT2D eigenvalue weighted by molar-refractivity contribution is 0.100. The predicted molar refractivity (Wildman–Crippen MR) is 90.3 cm³/mol. The van der Waals surface area contributed by atoms with Gasteiger partial charge in [-0.3, -0.25) is 9.69 Å². The average Bonchev–Trinajstić information content (AvgIpc) is 3.16. The van der Waals surface area contributed by atoms with Crippen molar-refractivity contribution >= 4 is 17.2 Å². The van der Waals surface area contributed by atoms with Gasteiger partial charge in [-0.2, -0.15) is 4.98 Å². The molecule has 24 heavy (non-hydrogen) atoms. The van der Waals surface area contributed by atoms with Crippen LogP contribution in [0.3, 0.4) is 0 Å². The van der Waals surface area contributed by atoms with Crippen molar-refractivity contribution in [3.8, 4) is 10.6 Å². The van der Waals surface area contributed by atoms with Crippen molar-refractivity contribution in [1.29, 1.82) is 0 Å². The first-order chi connectivity index (χ1) is 11.5. The molecule has 7 nitrogen and oxygen atoms in total. The number of carbonyl (C=O) groups excluding carboxylic acids is 1. The van der Waals surface area contributed by atoms with Crippen molar-refractivity contribution in [3.05, 3.63) is 52.6 Å². The molecule has 8 heteroatoms. The fourth-order valence-corrected chi connectivity index (χ4v) is 3.09. The summed E-state index contributed by atoms with van der Waals surface area (Å²) in [6.07, 6.45) is 0. The lowest BCUT2D eigenvalue weighted by atomic mass is 10.1. The molecule has 1 amide bonds. The van der Waals surface area contributed by atoms with E-state index >= 15 is 0 Å². The quantitative estimate of drug-likeness (QED) is 0.737. The van der Waals surface area contributed by atoms with Gasteiger partial charge in [-0.1, -0.05) is 17.3 Å². The van der Waals surface area contributed by atoms with Gasteiger partial charge in [-0.05, 0) is 19.2 Å². The number of nitrogens with two attached hydrogens (primary N) is 1. The number of primary amides is 1. The number of hydrogen-bond acceptors (Lipinski definition) is 7. The van der Waals surface area contributed by atoms with E-state index in [4.69, 9.17) is 10.3 Å². The maximum Gasteiger partial charge on any atom is 0.248 e. The molecule has 2 aromatic heterocycles. The third kappa shape index (κ3) is 3.84. The molecule has 0 fully saturated rings. The lowest BCUT2D eigenvalue weighted by Gasteiger charge is -2.12. The van der Waals surface area contributed by atoms with Crippen molar-refractivity contribution in [2.75, 3.05) is 7.05 Å². The number of carbonyl (C=O) groups is 1. The van der Waals surface area contributed by atoms with Crippen LogP contribution in [0.1, 0.15) is 27.8 Å². The number of thiazole rings is 1. The molecular weight excluding hydrogens is 326 g/mol. The van der Waals surface area contributed by atoms with Gasteiger partial charge in [0.25, 0.3) is 0 Å². The zero-order valence-electron chi connectivity index (χ0n) is 13.4. The summed E-state index contributed by atoms with van der Waals surface area (Å²) in [4.78, 5) is 22.0. The third-order valence-electron chi connectivity index (χ3n) is 3.38. The van der Waals surface area contributed by atoms with E-state index in [1.165, 1.54) is 0 Å². The first kappa shape index (κ1) is 16.3. The van der Waals surface area contributed by atoms with Crippen molar-refractivity contribution < 1.29 is 9.32 Å². The molecule has 0 spiro atoms. The van der Waals surface area contributed by atoms with Gasteiger partial charge in [-0.25, -0.2) is 4.98 Å². The Bertz CT molecular complexity index is 840. The van der Waals surface area contributed by atoms with E-state index in [2.05, 4.69) is 20.0 Å². The molecule has 0 aliphatic carbocycles. The number of amides is 1. The number of hydrogen-bond donors (Lipinski definition) is 1. The van der Waals surface area contributed by atoms with E-state index in [0.717, 1.165) is 16.3 Å². The molecule has 0 aliphatic rings. The molecule has 0 radical (unpaired) electrons. The lowest BCUT2D eigenvalue weighted by Crippen LogP contribution is -2.18. The molecule has 1 aromatic carbocycles. The van der Waals surface area contributed by atoms with E-state index in [1.807, 2.05) is 24.6 Å². The molecule has 0 atom stereocenters. The number of benzene rings is 1. The zero-order valence-corrected chi connectivity index (χ0v) is 14.2. The Morgan fingerprint density at radius 3 is 2.62 bits per heavy atom. The van der Waals surface area contributed by atoms with E-state index in [9.17, 15) is 4.79 Å². The van der Waals surface area contributed by atoms with Gasteiger partial charge >= 0.3 is 0 Å². The summed E-state index contributed by atoms with van der Waals surface area (Å²) in [6, 6.07) is 7.13. The summed E-state index contributed by atoms with van der Waals surface area (Å²) in [5, 5.41) is 6.82. The number of aryl methyl sites for hydroxylation is 1. The van der Waals surface area contributed by atoms with Gasteiger partial charge in [0.15, 0.2) is 5.82 Å². The molecular formula is C16H17N5O2S. The highest BCUT2D eigenvalue weighted by Gasteiger charge is 2.10. The van der Waals surface area contributed by atoms with Gasteiger partial charge < -0.3 is 10.3 Å². The van der Waals surface area contributed by atoms with Gasteiger partial charge in [0, 0.05) is 30.0 Å². The van der Waals surface area contributed by atoms with Crippen LogP contribution in [0, 0.1) is 6.92 Å². The first-order valence-corrected chi connectivity index (χ1v) is 8.21. The summed E-state index contributed by atoms with van der Waals surface area (Å²) in [5.41, 5.74) is 7.68. The molecule has 124 valence electrons. The molecule has 0 unspecified atom stereocenters. The van der Waals surface area contributed by atoms with Gasteiger partial charge in [0.1, 0.15) is 5.01 Å². The van der Waals surface area contributed by atoms with Crippen LogP contribution >= 0.6 is 11.3 Å². The largest absolute Gasteiger partial charge is 0.366 e. The zero-order chi connectivity index (χ0) is 17.1. The summed E-state index contributed by atoms with van der Waals surface area (Å²) in [7, 11) is 1.98. The topological polar surface area (TPSA) is 98.1 Å². The second-order valence-electron chi connectivity index (χ2n) is 5.49. The van der Waals surface area contributed by atoms with Crippen LogP contribution in [0.2, 0.25) is 0 Å². The second kappa shape index (κ2) is 6.90. The molecule has 3 aromatic rings. The SMILES string of the molecule is Cc1nc(CN(C)Cc2csc(-c3ccc(C(N)=O)cc3)n2)no1. The summed E-state index contributed by atoms with van der Waals surface area (Å²) < 4.78 is 4.97. The fraction of sp³-hybridized carbons (Fsp3) is 0.250. The third-order valence-corrected chi connectivity index (χ3v) is 4.32. The predicted octanol–water partition coefficient (Wildman–Crippen LogP) is 2.23. The van der Waals surface area contributed by atoms with Crippen LogP contribution in [0.15, 0.2) is 34.2 Å². The second-order valence-corrected chi connectivity index (χ2v) is 6.35. The van der Waals surface area contributed by atoms with Crippen LogP contribution in [-0.2, 0) is 13.1 Å². The molecule has 2 N–H and O–H groups in total. The van der Waals surface area contributed by atoms with Crippen molar-refractivity contribution in [2.24, 2.45) is 5.73 Å². The Balaban J connectivity index is 1.65. The van der Waals surface area contributed by atoms with Crippen molar-refractivity contribution in [2.45, 2.75) is 20.0 Å². The maximum absolute atomic E-state index is 11.1. The van der Waals surface area contributed by atoms with Gasteiger partial charge in [-0.15, -0.1) is 11.3 Å².